The Balaban J connectivity index is 2.41. The van der Waals surface area contributed by atoms with E-state index in [0.29, 0.717) is 0 Å². The zero-order valence-electron chi connectivity index (χ0n) is 6.97. The first-order valence-electron chi connectivity index (χ1n) is 3.67. The Kier molecular flexibility index (Phi) is 2.27. The Labute approximate surface area is 79.4 Å². The standard InChI is InChI=1S/C8H7N3OS/c1-13-8-9-3-2-7(11-8)6-4-10-12-5-6/h2-5H,1H3. The van der Waals surface area contributed by atoms with Crippen LogP contribution in [0.5, 0.6) is 0 Å². The minimum atomic E-state index is 0.749. The van der Waals surface area contributed by atoms with E-state index in [9.17, 15) is 0 Å². The molecule has 0 N–H and O–H groups in total. The number of hydrogen-bond donors (Lipinski definition) is 0. The predicted molar refractivity (Wildman–Crippen MR) is 49.3 cm³/mol. The van der Waals surface area contributed by atoms with Crippen molar-refractivity contribution in [2.75, 3.05) is 6.26 Å². The summed E-state index contributed by atoms with van der Waals surface area (Å²) >= 11 is 1.51. The van der Waals surface area contributed by atoms with E-state index in [-0.39, 0.29) is 0 Å². The lowest BCUT2D eigenvalue weighted by Crippen LogP contribution is -1.87. The molecular formula is C8H7N3OS. The Hall–Kier alpha value is -1.36. The quantitative estimate of drug-likeness (QED) is 0.538. The van der Waals surface area contributed by atoms with Crippen molar-refractivity contribution in [3.63, 3.8) is 0 Å². The van der Waals surface area contributed by atoms with E-state index in [1.165, 1.54) is 11.8 Å². The molecule has 0 radical (unpaired) electrons. The van der Waals surface area contributed by atoms with Crippen LogP contribution in [0.1, 0.15) is 0 Å². The van der Waals surface area contributed by atoms with Crippen LogP contribution in [0, 0.1) is 0 Å². The molecule has 0 fully saturated rings. The van der Waals surface area contributed by atoms with Crippen molar-refractivity contribution in [3.8, 4) is 11.3 Å². The lowest BCUT2D eigenvalue weighted by molar-refractivity contribution is 0.420. The molecule has 0 unspecified atom stereocenters. The van der Waals surface area contributed by atoms with Crippen LogP contribution in [0.3, 0.4) is 0 Å². The molecule has 0 saturated carbocycles. The smallest absolute Gasteiger partial charge is 0.187 e. The largest absolute Gasteiger partial charge is 0.364 e. The summed E-state index contributed by atoms with van der Waals surface area (Å²) < 4.78 is 4.73. The van der Waals surface area contributed by atoms with Crippen LogP contribution in [-0.4, -0.2) is 21.4 Å². The molecule has 5 heteroatoms. The maximum Gasteiger partial charge on any atom is 0.187 e. The van der Waals surface area contributed by atoms with Crippen molar-refractivity contribution in [1.82, 2.24) is 15.1 Å². The van der Waals surface area contributed by atoms with Crippen LogP contribution in [0.15, 0.2) is 34.4 Å². The Bertz CT molecular complexity index is 388. The first-order chi connectivity index (χ1) is 6.40. The van der Waals surface area contributed by atoms with Crippen molar-refractivity contribution in [1.29, 1.82) is 0 Å². The summed E-state index contributed by atoms with van der Waals surface area (Å²) in [5, 5.41) is 4.36. The third kappa shape index (κ3) is 1.70. The predicted octanol–water partition coefficient (Wildman–Crippen LogP) is 1.85. The van der Waals surface area contributed by atoms with E-state index in [0.717, 1.165) is 16.4 Å². The first-order valence-corrected chi connectivity index (χ1v) is 4.89. The third-order valence-corrected chi connectivity index (χ3v) is 2.11. The second-order valence-electron chi connectivity index (χ2n) is 2.34. The molecule has 2 aromatic rings. The van der Waals surface area contributed by atoms with Crippen molar-refractivity contribution in [2.24, 2.45) is 0 Å². The highest BCUT2D eigenvalue weighted by Crippen LogP contribution is 2.17. The van der Waals surface area contributed by atoms with E-state index in [2.05, 4.69) is 15.1 Å². The van der Waals surface area contributed by atoms with Gasteiger partial charge in [-0.25, -0.2) is 9.97 Å². The third-order valence-electron chi connectivity index (χ3n) is 1.54. The minimum Gasteiger partial charge on any atom is -0.364 e. The maximum atomic E-state index is 4.73. The van der Waals surface area contributed by atoms with Crippen LogP contribution in [-0.2, 0) is 0 Å². The fourth-order valence-electron chi connectivity index (χ4n) is 0.931. The van der Waals surface area contributed by atoms with Gasteiger partial charge in [-0.2, -0.15) is 0 Å². The van der Waals surface area contributed by atoms with Crippen molar-refractivity contribution >= 4 is 11.8 Å². The lowest BCUT2D eigenvalue weighted by atomic mass is 10.2. The van der Waals surface area contributed by atoms with Gasteiger partial charge in [0.05, 0.1) is 17.5 Å². The van der Waals surface area contributed by atoms with Gasteiger partial charge in [-0.05, 0) is 12.3 Å². The molecule has 0 amide bonds. The van der Waals surface area contributed by atoms with Gasteiger partial charge in [0.2, 0.25) is 0 Å². The molecule has 0 spiro atoms. The lowest BCUT2D eigenvalue weighted by Gasteiger charge is -1.96. The molecule has 0 aliphatic heterocycles. The fraction of sp³-hybridized carbons (Fsp3) is 0.125. The summed E-state index contributed by atoms with van der Waals surface area (Å²) in [7, 11) is 0. The van der Waals surface area contributed by atoms with Gasteiger partial charge in [-0.1, -0.05) is 16.9 Å². The number of rotatable bonds is 2. The van der Waals surface area contributed by atoms with Gasteiger partial charge in [0.15, 0.2) is 5.16 Å². The SMILES string of the molecule is CSc1nccc(-c2cnoc2)n1. The summed E-state index contributed by atoms with van der Waals surface area (Å²) in [5.41, 5.74) is 1.71. The van der Waals surface area contributed by atoms with Crippen molar-refractivity contribution in [2.45, 2.75) is 5.16 Å². The Morgan fingerprint density at radius 3 is 3.08 bits per heavy atom. The van der Waals surface area contributed by atoms with Crippen molar-refractivity contribution < 1.29 is 4.52 Å². The van der Waals surface area contributed by atoms with Crippen LogP contribution in [0.2, 0.25) is 0 Å². The molecule has 0 aliphatic rings. The van der Waals surface area contributed by atoms with Gasteiger partial charge >= 0.3 is 0 Å². The number of nitrogens with zero attached hydrogens (tertiary/aromatic N) is 3. The van der Waals surface area contributed by atoms with Crippen LogP contribution in [0.4, 0.5) is 0 Å². The second-order valence-corrected chi connectivity index (χ2v) is 3.12. The molecule has 2 heterocycles. The topological polar surface area (TPSA) is 51.8 Å². The summed E-state index contributed by atoms with van der Waals surface area (Å²) in [5.74, 6) is 0. The normalized spacial score (nSPS) is 10.2. The maximum absolute atomic E-state index is 4.73. The van der Waals surface area contributed by atoms with Gasteiger partial charge in [-0.15, -0.1) is 0 Å². The van der Waals surface area contributed by atoms with Gasteiger partial charge in [0.25, 0.3) is 0 Å². The first kappa shape index (κ1) is 8.25. The molecule has 0 atom stereocenters. The highest BCUT2D eigenvalue weighted by Gasteiger charge is 2.02. The number of aromatic nitrogens is 3. The van der Waals surface area contributed by atoms with Crippen LogP contribution >= 0.6 is 11.8 Å². The molecular weight excluding hydrogens is 186 g/mol. The Morgan fingerprint density at radius 2 is 2.38 bits per heavy atom. The molecule has 2 rings (SSSR count). The summed E-state index contributed by atoms with van der Waals surface area (Å²) in [6, 6.07) is 1.83. The second kappa shape index (κ2) is 3.57. The Morgan fingerprint density at radius 1 is 1.46 bits per heavy atom. The summed E-state index contributed by atoms with van der Waals surface area (Å²) in [6.45, 7) is 0. The monoisotopic (exact) mass is 193 g/mol. The van der Waals surface area contributed by atoms with E-state index in [1.54, 1.807) is 18.7 Å². The molecule has 4 nitrogen and oxygen atoms in total. The van der Waals surface area contributed by atoms with Gasteiger partial charge in [-0.3, -0.25) is 0 Å². The summed E-state index contributed by atoms with van der Waals surface area (Å²) in [6.07, 6.45) is 6.85. The zero-order valence-corrected chi connectivity index (χ0v) is 7.78. The van der Waals surface area contributed by atoms with E-state index in [1.807, 2.05) is 12.3 Å². The average molecular weight is 193 g/mol. The zero-order chi connectivity index (χ0) is 9.10. The van der Waals surface area contributed by atoms with Gasteiger partial charge < -0.3 is 4.52 Å². The summed E-state index contributed by atoms with van der Waals surface area (Å²) in [4.78, 5) is 8.35. The number of thioether (sulfide) groups is 1. The number of hydrogen-bond acceptors (Lipinski definition) is 5. The molecule has 0 aliphatic carbocycles. The van der Waals surface area contributed by atoms with Gasteiger partial charge in [0, 0.05) is 6.20 Å². The van der Waals surface area contributed by atoms with E-state index >= 15 is 0 Å². The average Bonchev–Trinajstić information content (AvgIpc) is 2.71. The molecule has 0 bridgehead atoms. The van der Waals surface area contributed by atoms with Crippen molar-refractivity contribution in [3.05, 3.63) is 24.7 Å². The molecule has 66 valence electrons. The minimum absolute atomic E-state index is 0.749. The van der Waals surface area contributed by atoms with Crippen LogP contribution in [0.25, 0.3) is 11.3 Å². The van der Waals surface area contributed by atoms with E-state index in [4.69, 9.17) is 4.52 Å². The molecule has 0 aromatic carbocycles. The molecule has 0 saturated heterocycles. The van der Waals surface area contributed by atoms with Crippen LogP contribution < -0.4 is 0 Å². The van der Waals surface area contributed by atoms with Gasteiger partial charge in [0.1, 0.15) is 6.26 Å². The fourth-order valence-corrected chi connectivity index (χ4v) is 1.29. The molecule has 2 aromatic heterocycles. The molecule has 13 heavy (non-hydrogen) atoms. The highest BCUT2D eigenvalue weighted by molar-refractivity contribution is 7.98. The van der Waals surface area contributed by atoms with E-state index < -0.39 is 0 Å². The highest BCUT2D eigenvalue weighted by atomic mass is 32.2.